The first kappa shape index (κ1) is 18.5. The summed E-state index contributed by atoms with van der Waals surface area (Å²) in [5.74, 6) is 1.41. The van der Waals surface area contributed by atoms with E-state index >= 15 is 0 Å². The van der Waals surface area contributed by atoms with E-state index in [0.717, 1.165) is 16.8 Å². The number of amides is 1. The number of aromatic nitrogens is 1. The van der Waals surface area contributed by atoms with Crippen molar-refractivity contribution in [3.05, 3.63) is 70.6 Å². The van der Waals surface area contributed by atoms with Crippen molar-refractivity contribution < 1.29 is 18.8 Å². The molecule has 0 saturated carbocycles. The fourth-order valence-electron chi connectivity index (χ4n) is 2.68. The quantitative estimate of drug-likeness (QED) is 0.698. The molecule has 0 radical (unpaired) electrons. The first-order valence-electron chi connectivity index (χ1n) is 8.59. The average Bonchev–Trinajstić information content (AvgIpc) is 3.04. The Bertz CT molecular complexity index is 963. The summed E-state index contributed by atoms with van der Waals surface area (Å²) in [4.78, 5) is 12.7. The van der Waals surface area contributed by atoms with Crippen molar-refractivity contribution in [2.75, 3.05) is 12.4 Å². The molecular formula is C21H22N2O4. The molecule has 1 aromatic heterocycles. The Morgan fingerprint density at radius 3 is 2.59 bits per heavy atom. The van der Waals surface area contributed by atoms with Gasteiger partial charge in [-0.05, 0) is 50.1 Å². The van der Waals surface area contributed by atoms with Crippen molar-refractivity contribution in [3.8, 4) is 11.5 Å². The maximum atomic E-state index is 12.7. The van der Waals surface area contributed by atoms with E-state index in [2.05, 4.69) is 10.5 Å². The van der Waals surface area contributed by atoms with Crippen LogP contribution in [0.4, 0.5) is 5.69 Å². The number of hydrogen-bond acceptors (Lipinski definition) is 5. The molecule has 140 valence electrons. The second kappa shape index (κ2) is 7.95. The number of nitrogens with zero attached hydrogens (tertiary/aromatic N) is 1. The van der Waals surface area contributed by atoms with Gasteiger partial charge in [0.05, 0.1) is 12.7 Å². The topological polar surface area (TPSA) is 73.6 Å². The summed E-state index contributed by atoms with van der Waals surface area (Å²) < 4.78 is 16.3. The van der Waals surface area contributed by atoms with Crippen LogP contribution >= 0.6 is 0 Å². The first-order valence-corrected chi connectivity index (χ1v) is 8.59. The van der Waals surface area contributed by atoms with Crippen molar-refractivity contribution in [1.82, 2.24) is 5.16 Å². The van der Waals surface area contributed by atoms with Crippen molar-refractivity contribution in [2.24, 2.45) is 0 Å². The van der Waals surface area contributed by atoms with E-state index in [1.165, 1.54) is 0 Å². The number of nitrogens with one attached hydrogen (secondary N) is 1. The van der Waals surface area contributed by atoms with Gasteiger partial charge in [-0.15, -0.1) is 0 Å². The molecule has 3 rings (SSSR count). The summed E-state index contributed by atoms with van der Waals surface area (Å²) in [5, 5.41) is 6.82. The number of methoxy groups -OCH3 is 1. The molecule has 2 aromatic carbocycles. The standard InChI is InChI=1S/C21H22N2O4/c1-13-9-10-14(2)17(11-13)22-21(24)20-16(15(3)27-23-20)12-26-19-8-6-5-7-18(19)25-4/h5-11H,12H2,1-4H3,(H,22,24). The van der Waals surface area contributed by atoms with Crippen LogP contribution in [0, 0.1) is 20.8 Å². The third-order valence-corrected chi connectivity index (χ3v) is 4.28. The molecule has 27 heavy (non-hydrogen) atoms. The second-order valence-electron chi connectivity index (χ2n) is 6.28. The SMILES string of the molecule is COc1ccccc1OCc1c(C(=O)Nc2cc(C)ccc2C)noc1C. The number of benzene rings is 2. The third-order valence-electron chi connectivity index (χ3n) is 4.28. The van der Waals surface area contributed by atoms with E-state index in [4.69, 9.17) is 14.0 Å². The van der Waals surface area contributed by atoms with E-state index in [0.29, 0.717) is 22.8 Å². The zero-order valence-corrected chi connectivity index (χ0v) is 15.8. The van der Waals surface area contributed by atoms with Crippen molar-refractivity contribution in [2.45, 2.75) is 27.4 Å². The molecule has 0 bridgehead atoms. The van der Waals surface area contributed by atoms with Crippen LogP contribution in [-0.2, 0) is 6.61 Å². The fourth-order valence-corrected chi connectivity index (χ4v) is 2.68. The molecular weight excluding hydrogens is 344 g/mol. The molecule has 1 heterocycles. The van der Waals surface area contributed by atoms with Crippen LogP contribution in [0.3, 0.4) is 0 Å². The van der Waals surface area contributed by atoms with Crippen molar-refractivity contribution in [1.29, 1.82) is 0 Å². The third kappa shape index (κ3) is 4.11. The lowest BCUT2D eigenvalue weighted by Crippen LogP contribution is -2.16. The van der Waals surface area contributed by atoms with E-state index in [9.17, 15) is 4.79 Å². The van der Waals surface area contributed by atoms with Crippen LogP contribution < -0.4 is 14.8 Å². The number of aryl methyl sites for hydroxylation is 3. The molecule has 1 N–H and O–H groups in total. The van der Waals surface area contributed by atoms with Gasteiger partial charge >= 0.3 is 0 Å². The molecule has 6 nitrogen and oxygen atoms in total. The zero-order valence-electron chi connectivity index (χ0n) is 15.8. The number of anilines is 1. The molecule has 0 aliphatic rings. The Kier molecular flexibility index (Phi) is 5.45. The summed E-state index contributed by atoms with van der Waals surface area (Å²) in [6.45, 7) is 5.81. The molecule has 0 atom stereocenters. The molecule has 0 spiro atoms. The van der Waals surface area contributed by atoms with Gasteiger partial charge in [0.1, 0.15) is 12.4 Å². The summed E-state index contributed by atoms with van der Waals surface area (Å²) in [7, 11) is 1.58. The minimum absolute atomic E-state index is 0.144. The highest BCUT2D eigenvalue weighted by molar-refractivity contribution is 6.04. The highest BCUT2D eigenvalue weighted by atomic mass is 16.5. The van der Waals surface area contributed by atoms with E-state index in [1.807, 2.05) is 50.2 Å². The number of carbonyl (C=O) groups is 1. The van der Waals surface area contributed by atoms with Gasteiger partial charge < -0.3 is 19.3 Å². The van der Waals surface area contributed by atoms with Crippen molar-refractivity contribution in [3.63, 3.8) is 0 Å². The molecule has 0 fully saturated rings. The minimum atomic E-state index is -0.334. The largest absolute Gasteiger partial charge is 0.493 e. The van der Waals surface area contributed by atoms with Crippen molar-refractivity contribution >= 4 is 11.6 Å². The molecule has 6 heteroatoms. The normalized spacial score (nSPS) is 10.5. The highest BCUT2D eigenvalue weighted by Gasteiger charge is 2.21. The lowest BCUT2D eigenvalue weighted by molar-refractivity contribution is 0.101. The van der Waals surface area contributed by atoms with E-state index in [1.54, 1.807) is 20.1 Å². The Morgan fingerprint density at radius 1 is 1.11 bits per heavy atom. The Morgan fingerprint density at radius 2 is 1.85 bits per heavy atom. The van der Waals surface area contributed by atoms with Crippen LogP contribution in [-0.4, -0.2) is 18.2 Å². The smallest absolute Gasteiger partial charge is 0.278 e. The number of rotatable bonds is 6. The summed E-state index contributed by atoms with van der Waals surface area (Å²) >= 11 is 0. The van der Waals surface area contributed by atoms with Crippen LogP contribution in [0.15, 0.2) is 47.0 Å². The van der Waals surface area contributed by atoms with E-state index < -0.39 is 0 Å². The van der Waals surface area contributed by atoms with Gasteiger partial charge in [0.2, 0.25) is 0 Å². The van der Waals surface area contributed by atoms with Gasteiger partial charge in [-0.25, -0.2) is 0 Å². The van der Waals surface area contributed by atoms with Crippen LogP contribution in [0.5, 0.6) is 11.5 Å². The molecule has 1 amide bonds. The number of ether oxygens (including phenoxy) is 2. The molecule has 0 aliphatic carbocycles. The van der Waals surface area contributed by atoms with Gasteiger partial charge in [-0.2, -0.15) is 0 Å². The van der Waals surface area contributed by atoms with Gasteiger partial charge in [0.15, 0.2) is 17.2 Å². The van der Waals surface area contributed by atoms with Crippen LogP contribution in [0.25, 0.3) is 0 Å². The molecule has 0 aliphatic heterocycles. The maximum absolute atomic E-state index is 12.7. The Labute approximate surface area is 158 Å². The summed E-state index contributed by atoms with van der Waals surface area (Å²) in [5.41, 5.74) is 3.59. The summed E-state index contributed by atoms with van der Waals surface area (Å²) in [6.07, 6.45) is 0. The van der Waals surface area contributed by atoms with Crippen LogP contribution in [0.2, 0.25) is 0 Å². The molecule has 0 saturated heterocycles. The highest BCUT2D eigenvalue weighted by Crippen LogP contribution is 2.28. The lowest BCUT2D eigenvalue weighted by Gasteiger charge is -2.11. The molecule has 0 unspecified atom stereocenters. The minimum Gasteiger partial charge on any atom is -0.493 e. The zero-order chi connectivity index (χ0) is 19.4. The first-order chi connectivity index (χ1) is 13.0. The van der Waals surface area contributed by atoms with Gasteiger partial charge in [0, 0.05) is 5.69 Å². The fraction of sp³-hybridized carbons (Fsp3) is 0.238. The monoisotopic (exact) mass is 366 g/mol. The Hall–Kier alpha value is -3.28. The Balaban J connectivity index is 1.79. The molecule has 3 aromatic rings. The average molecular weight is 366 g/mol. The van der Waals surface area contributed by atoms with Crippen LogP contribution in [0.1, 0.15) is 32.9 Å². The predicted octanol–water partition coefficient (Wildman–Crippen LogP) is 4.44. The predicted molar refractivity (Wildman–Crippen MR) is 102 cm³/mol. The van der Waals surface area contributed by atoms with Gasteiger partial charge in [0.25, 0.3) is 5.91 Å². The van der Waals surface area contributed by atoms with Gasteiger partial charge in [-0.3, -0.25) is 4.79 Å². The number of carbonyl (C=O) groups excluding carboxylic acids is 1. The number of para-hydroxylation sites is 2. The van der Waals surface area contributed by atoms with E-state index in [-0.39, 0.29) is 18.2 Å². The summed E-state index contributed by atoms with van der Waals surface area (Å²) in [6, 6.07) is 13.2. The lowest BCUT2D eigenvalue weighted by atomic mass is 10.1. The number of hydrogen-bond donors (Lipinski definition) is 1. The maximum Gasteiger partial charge on any atom is 0.278 e. The van der Waals surface area contributed by atoms with Gasteiger partial charge in [-0.1, -0.05) is 29.4 Å². The second-order valence-corrected chi connectivity index (χ2v) is 6.28.